The highest BCUT2D eigenvalue weighted by Crippen LogP contribution is 2.25. The summed E-state index contributed by atoms with van der Waals surface area (Å²) in [5, 5.41) is 0. The Kier molecular flexibility index (Phi) is 6.21. The lowest BCUT2D eigenvalue weighted by Gasteiger charge is -2.26. The van der Waals surface area contributed by atoms with E-state index < -0.39 is 44.7 Å². The summed E-state index contributed by atoms with van der Waals surface area (Å²) in [7, 11) is -2.66. The van der Waals surface area contributed by atoms with Crippen molar-refractivity contribution in [2.45, 2.75) is 31.3 Å². The normalized spacial score (nSPS) is 12.4. The molecular weight excluding hydrogens is 302 g/mol. The van der Waals surface area contributed by atoms with Gasteiger partial charge < -0.3 is 10.5 Å². The molecule has 0 amide bonds. The first-order chi connectivity index (χ1) is 9.77. The van der Waals surface area contributed by atoms with Gasteiger partial charge in [0.05, 0.1) is 6.61 Å². The summed E-state index contributed by atoms with van der Waals surface area (Å²) in [6.07, 6.45) is 0. The molecule has 0 aromatic heterocycles. The minimum atomic E-state index is -4.10. The number of methoxy groups -OCH3 is 1. The molecule has 0 aliphatic heterocycles. The van der Waals surface area contributed by atoms with Crippen molar-refractivity contribution < 1.29 is 21.9 Å². The van der Waals surface area contributed by atoms with Crippen LogP contribution >= 0.6 is 0 Å². The van der Waals surface area contributed by atoms with E-state index in [0.29, 0.717) is 0 Å². The molecule has 0 aliphatic rings. The van der Waals surface area contributed by atoms with Crippen molar-refractivity contribution in [3.63, 3.8) is 0 Å². The maximum atomic E-state index is 14.2. The van der Waals surface area contributed by atoms with Gasteiger partial charge >= 0.3 is 0 Å². The third kappa shape index (κ3) is 3.76. The van der Waals surface area contributed by atoms with Gasteiger partial charge in [0.1, 0.15) is 10.7 Å². The minimum Gasteiger partial charge on any atom is -0.383 e. The van der Waals surface area contributed by atoms with Crippen LogP contribution in [0.4, 0.5) is 8.78 Å². The number of rotatable bonds is 7. The molecule has 0 heterocycles. The Morgan fingerprint density at radius 2 is 1.95 bits per heavy atom. The van der Waals surface area contributed by atoms with Crippen LogP contribution in [-0.2, 0) is 21.3 Å². The second kappa shape index (κ2) is 7.26. The van der Waals surface area contributed by atoms with Crippen LogP contribution in [0.25, 0.3) is 0 Å². The number of halogens is 2. The third-order valence-electron chi connectivity index (χ3n) is 3.03. The lowest BCUT2D eigenvalue weighted by atomic mass is 10.2. The Balaban J connectivity index is 3.35. The van der Waals surface area contributed by atoms with Gasteiger partial charge in [-0.1, -0.05) is 0 Å². The van der Waals surface area contributed by atoms with Crippen molar-refractivity contribution in [1.82, 2.24) is 4.31 Å². The van der Waals surface area contributed by atoms with Gasteiger partial charge in [-0.25, -0.2) is 17.2 Å². The van der Waals surface area contributed by atoms with Gasteiger partial charge in [-0.2, -0.15) is 4.31 Å². The van der Waals surface area contributed by atoms with E-state index in [1.54, 1.807) is 13.8 Å². The second-order valence-corrected chi connectivity index (χ2v) is 6.60. The number of hydrogen-bond donors (Lipinski definition) is 1. The fourth-order valence-electron chi connectivity index (χ4n) is 1.93. The molecule has 0 atom stereocenters. The van der Waals surface area contributed by atoms with E-state index in [-0.39, 0.29) is 13.2 Å². The van der Waals surface area contributed by atoms with Gasteiger partial charge in [0.25, 0.3) is 0 Å². The van der Waals surface area contributed by atoms with Crippen LogP contribution in [0.2, 0.25) is 0 Å². The minimum absolute atomic E-state index is 0.0747. The highest BCUT2D eigenvalue weighted by atomic mass is 32.2. The van der Waals surface area contributed by atoms with Crippen molar-refractivity contribution in [2.75, 3.05) is 20.3 Å². The van der Waals surface area contributed by atoms with Crippen LogP contribution in [0.5, 0.6) is 0 Å². The zero-order valence-electron chi connectivity index (χ0n) is 12.3. The standard InChI is InChI=1S/C13H20F2N2O3S/c1-9(2)17(6-7-20-3)21(18,19)12-5-4-11(14)10(8-16)13(12)15/h4-5,9H,6-8,16H2,1-3H3. The zero-order valence-corrected chi connectivity index (χ0v) is 13.1. The fourth-order valence-corrected chi connectivity index (χ4v) is 3.64. The zero-order chi connectivity index (χ0) is 16.2. The van der Waals surface area contributed by atoms with E-state index in [1.165, 1.54) is 7.11 Å². The van der Waals surface area contributed by atoms with Crippen LogP contribution in [0.3, 0.4) is 0 Å². The molecule has 0 aliphatic carbocycles. The number of nitrogens with two attached hydrogens (primary N) is 1. The van der Waals surface area contributed by atoms with Crippen LogP contribution in [0.15, 0.2) is 17.0 Å². The Morgan fingerprint density at radius 3 is 2.43 bits per heavy atom. The van der Waals surface area contributed by atoms with Gasteiger partial charge in [0.2, 0.25) is 10.0 Å². The van der Waals surface area contributed by atoms with Gasteiger partial charge in [0.15, 0.2) is 5.82 Å². The Hall–Kier alpha value is -1.09. The molecule has 5 nitrogen and oxygen atoms in total. The number of nitrogens with zero attached hydrogens (tertiary/aromatic N) is 1. The van der Waals surface area contributed by atoms with Crippen molar-refractivity contribution >= 4 is 10.0 Å². The lowest BCUT2D eigenvalue weighted by Crippen LogP contribution is -2.39. The predicted octanol–water partition coefficient (Wildman–Crippen LogP) is 1.47. The predicted molar refractivity (Wildman–Crippen MR) is 75.2 cm³/mol. The average Bonchev–Trinajstić information content (AvgIpc) is 2.38. The Bertz CT molecular complexity index is 591. The summed E-state index contributed by atoms with van der Waals surface area (Å²) in [4.78, 5) is -0.575. The quantitative estimate of drug-likeness (QED) is 0.825. The van der Waals surface area contributed by atoms with Crippen molar-refractivity contribution in [2.24, 2.45) is 5.73 Å². The second-order valence-electron chi connectivity index (χ2n) is 4.74. The molecule has 1 rings (SSSR count). The maximum absolute atomic E-state index is 14.2. The monoisotopic (exact) mass is 322 g/mol. The van der Waals surface area contributed by atoms with Gasteiger partial charge in [0, 0.05) is 31.8 Å². The first kappa shape index (κ1) is 18.0. The van der Waals surface area contributed by atoms with E-state index in [9.17, 15) is 17.2 Å². The van der Waals surface area contributed by atoms with E-state index in [0.717, 1.165) is 16.4 Å². The first-order valence-corrected chi connectivity index (χ1v) is 7.89. The van der Waals surface area contributed by atoms with Gasteiger partial charge in [-0.05, 0) is 26.0 Å². The van der Waals surface area contributed by atoms with Crippen molar-refractivity contribution in [3.8, 4) is 0 Å². The molecule has 1 aromatic carbocycles. The van der Waals surface area contributed by atoms with E-state index in [4.69, 9.17) is 10.5 Å². The van der Waals surface area contributed by atoms with Crippen LogP contribution in [0.1, 0.15) is 19.4 Å². The number of ether oxygens (including phenoxy) is 1. The van der Waals surface area contributed by atoms with Crippen molar-refractivity contribution in [1.29, 1.82) is 0 Å². The molecule has 120 valence electrons. The Labute approximate surface area is 123 Å². The summed E-state index contributed by atoms with van der Waals surface area (Å²) < 4.78 is 58.7. The summed E-state index contributed by atoms with van der Waals surface area (Å²) in [5.41, 5.74) is 4.83. The maximum Gasteiger partial charge on any atom is 0.246 e. The average molecular weight is 322 g/mol. The van der Waals surface area contributed by atoms with E-state index in [2.05, 4.69) is 0 Å². The number of sulfonamides is 1. The molecule has 21 heavy (non-hydrogen) atoms. The molecule has 2 N–H and O–H groups in total. The first-order valence-electron chi connectivity index (χ1n) is 6.45. The molecule has 0 fully saturated rings. The SMILES string of the molecule is COCCN(C(C)C)S(=O)(=O)c1ccc(F)c(CN)c1F. The third-order valence-corrected chi connectivity index (χ3v) is 5.13. The molecule has 1 aromatic rings. The molecular formula is C13H20F2N2O3S. The molecule has 8 heteroatoms. The van der Waals surface area contributed by atoms with Crippen LogP contribution in [0, 0.1) is 11.6 Å². The summed E-state index contributed by atoms with van der Waals surface area (Å²) in [5.74, 6) is -2.00. The largest absolute Gasteiger partial charge is 0.383 e. The smallest absolute Gasteiger partial charge is 0.246 e. The summed E-state index contributed by atoms with van der Waals surface area (Å²) in [6, 6.07) is 1.44. The van der Waals surface area contributed by atoms with Crippen LogP contribution in [-0.4, -0.2) is 39.0 Å². The molecule has 0 radical (unpaired) electrons. The molecule has 0 unspecified atom stereocenters. The number of benzene rings is 1. The van der Waals surface area contributed by atoms with E-state index >= 15 is 0 Å². The topological polar surface area (TPSA) is 72.6 Å². The molecule has 0 saturated heterocycles. The lowest BCUT2D eigenvalue weighted by molar-refractivity contribution is 0.170. The van der Waals surface area contributed by atoms with E-state index in [1.807, 2.05) is 0 Å². The molecule has 0 bridgehead atoms. The molecule has 0 saturated carbocycles. The molecule has 0 spiro atoms. The highest BCUT2D eigenvalue weighted by molar-refractivity contribution is 7.89. The van der Waals surface area contributed by atoms with Crippen LogP contribution < -0.4 is 5.73 Å². The van der Waals surface area contributed by atoms with Crippen molar-refractivity contribution in [3.05, 3.63) is 29.3 Å². The van der Waals surface area contributed by atoms with Gasteiger partial charge in [-0.15, -0.1) is 0 Å². The number of hydrogen-bond acceptors (Lipinski definition) is 4. The summed E-state index contributed by atoms with van der Waals surface area (Å²) >= 11 is 0. The summed E-state index contributed by atoms with van der Waals surface area (Å²) in [6.45, 7) is 3.16. The highest BCUT2D eigenvalue weighted by Gasteiger charge is 2.31. The fraction of sp³-hybridized carbons (Fsp3) is 0.538. The Morgan fingerprint density at radius 1 is 1.33 bits per heavy atom. The van der Waals surface area contributed by atoms with Gasteiger partial charge in [-0.3, -0.25) is 0 Å².